The van der Waals surface area contributed by atoms with Crippen LogP contribution in [0.5, 0.6) is 0 Å². The van der Waals surface area contributed by atoms with Crippen LogP contribution in [-0.4, -0.2) is 37.2 Å². The average Bonchev–Trinajstić information content (AvgIpc) is 3.47. The van der Waals surface area contributed by atoms with E-state index in [2.05, 4.69) is 118 Å². The Morgan fingerprint density at radius 1 is 0.259 bits per heavy atom. The van der Waals surface area contributed by atoms with Crippen molar-refractivity contribution >= 4 is 17.9 Å². The molecule has 0 amide bonds. The second kappa shape index (κ2) is 68.8. The highest BCUT2D eigenvalue weighted by molar-refractivity contribution is 5.71. The molecule has 81 heavy (non-hydrogen) atoms. The number of esters is 3. The molecule has 6 heteroatoms. The molecule has 1 atom stereocenters. The highest BCUT2D eigenvalue weighted by Gasteiger charge is 2.19. The molecule has 0 N–H and O–H groups in total. The third kappa shape index (κ3) is 67.0. The molecule has 0 bridgehead atoms. The molecule has 1 unspecified atom stereocenters. The number of carbonyl (C=O) groups is 3. The molecule has 0 saturated heterocycles. The summed E-state index contributed by atoms with van der Waals surface area (Å²) in [4.78, 5) is 38.3. The number of rotatable bonds is 63. The smallest absolute Gasteiger partial charge is 0.306 e. The molecule has 0 aromatic rings. The van der Waals surface area contributed by atoms with Crippen molar-refractivity contribution in [2.24, 2.45) is 0 Å². The first-order valence-corrected chi connectivity index (χ1v) is 34.7. The first-order valence-electron chi connectivity index (χ1n) is 34.7. The van der Waals surface area contributed by atoms with Gasteiger partial charge in [0, 0.05) is 19.3 Å². The number of hydrogen-bond acceptors (Lipinski definition) is 6. The zero-order valence-corrected chi connectivity index (χ0v) is 53.5. The van der Waals surface area contributed by atoms with Gasteiger partial charge < -0.3 is 14.2 Å². The number of ether oxygens (including phenoxy) is 3. The summed E-state index contributed by atoms with van der Waals surface area (Å²) in [5, 5.41) is 0. The van der Waals surface area contributed by atoms with Crippen LogP contribution in [0.1, 0.15) is 342 Å². The van der Waals surface area contributed by atoms with Crippen LogP contribution in [0.4, 0.5) is 0 Å². The van der Waals surface area contributed by atoms with E-state index in [1.54, 1.807) is 0 Å². The number of unbranched alkanes of at least 4 members (excludes halogenated alkanes) is 36. The largest absolute Gasteiger partial charge is 0.462 e. The van der Waals surface area contributed by atoms with E-state index in [0.29, 0.717) is 19.3 Å². The van der Waals surface area contributed by atoms with Gasteiger partial charge in [-0.1, -0.05) is 317 Å². The molecule has 0 fully saturated rings. The Labute approximate surface area is 502 Å². The highest BCUT2D eigenvalue weighted by atomic mass is 16.6. The monoisotopic (exact) mass is 1130 g/mol. The van der Waals surface area contributed by atoms with Crippen molar-refractivity contribution in [3.63, 3.8) is 0 Å². The van der Waals surface area contributed by atoms with E-state index in [4.69, 9.17) is 14.2 Å². The predicted molar refractivity (Wildman–Crippen MR) is 353 cm³/mol. The van der Waals surface area contributed by atoms with Gasteiger partial charge in [0.1, 0.15) is 13.2 Å². The molecule has 0 saturated carbocycles. The minimum Gasteiger partial charge on any atom is -0.462 e. The Morgan fingerprint density at radius 3 is 0.753 bits per heavy atom. The van der Waals surface area contributed by atoms with Crippen LogP contribution >= 0.6 is 0 Å². The topological polar surface area (TPSA) is 78.9 Å². The van der Waals surface area contributed by atoms with E-state index < -0.39 is 6.10 Å². The Bertz CT molecular complexity index is 1580. The summed E-state index contributed by atoms with van der Waals surface area (Å²) in [7, 11) is 0. The van der Waals surface area contributed by atoms with Crippen molar-refractivity contribution in [1.29, 1.82) is 0 Å². The second-order valence-electron chi connectivity index (χ2n) is 23.1. The summed E-state index contributed by atoms with van der Waals surface area (Å²) in [5.41, 5.74) is 0. The molecular formula is C75H130O6. The standard InChI is InChI=1S/C75H130O6/c1-4-7-10-13-16-19-22-24-26-28-30-32-33-34-35-36-37-38-39-40-41-43-44-46-48-50-53-56-59-62-65-68-74(77)80-71-72(70-79-73(76)67-64-61-58-55-52-21-18-15-12-9-6-3)81-75(78)69-66-63-60-57-54-51-49-47-45-42-31-29-27-25-23-20-17-14-11-8-5-2/h7,10,16,19,23-26,29-32,34-35,45,47,72H,4-6,8-9,11-15,17-18,20-22,27-28,33,36-44,46,48-71H2,1-3H3/b10-7-,19-16-,25-23-,26-24-,31-29-,32-30-,35-34-,47-45-. The molecule has 0 aliphatic heterocycles. The SMILES string of the molecule is CC/C=C\C/C=C\C/C=C\C/C=C\C/C=C\CCCCCCCCCCCCCCCCCC(=O)OCC(COC(=O)CCCCCCCCCCCCC)OC(=O)CCCCCCCC/C=C\C/C=C\C/C=C\CCCCCCC. The molecule has 0 aliphatic carbocycles. The number of carbonyl (C=O) groups excluding carboxylic acids is 3. The van der Waals surface area contributed by atoms with Crippen LogP contribution in [-0.2, 0) is 28.6 Å². The Hall–Kier alpha value is -3.67. The van der Waals surface area contributed by atoms with Gasteiger partial charge in [0.15, 0.2) is 6.10 Å². The van der Waals surface area contributed by atoms with E-state index in [0.717, 1.165) is 116 Å². The normalized spacial score (nSPS) is 12.7. The Kier molecular flexibility index (Phi) is 65.7. The Morgan fingerprint density at radius 2 is 0.481 bits per heavy atom. The molecule has 0 aliphatic rings. The van der Waals surface area contributed by atoms with Gasteiger partial charge in [-0.2, -0.15) is 0 Å². The van der Waals surface area contributed by atoms with Crippen molar-refractivity contribution < 1.29 is 28.6 Å². The summed E-state index contributed by atoms with van der Waals surface area (Å²) in [6, 6.07) is 0. The summed E-state index contributed by atoms with van der Waals surface area (Å²) in [6.07, 6.45) is 92.9. The van der Waals surface area contributed by atoms with Crippen molar-refractivity contribution in [3.8, 4) is 0 Å². The molecule has 6 nitrogen and oxygen atoms in total. The first kappa shape index (κ1) is 77.3. The van der Waals surface area contributed by atoms with E-state index in [-0.39, 0.29) is 31.1 Å². The van der Waals surface area contributed by atoms with Crippen molar-refractivity contribution in [2.45, 2.75) is 348 Å². The van der Waals surface area contributed by atoms with Crippen LogP contribution < -0.4 is 0 Å². The number of hydrogen-bond donors (Lipinski definition) is 0. The van der Waals surface area contributed by atoms with Crippen LogP contribution in [0.25, 0.3) is 0 Å². The summed E-state index contributed by atoms with van der Waals surface area (Å²) in [6.45, 7) is 6.53. The zero-order chi connectivity index (χ0) is 58.5. The van der Waals surface area contributed by atoms with Crippen molar-refractivity contribution in [1.82, 2.24) is 0 Å². The van der Waals surface area contributed by atoms with Crippen molar-refractivity contribution in [2.75, 3.05) is 13.2 Å². The molecule has 0 aromatic carbocycles. The van der Waals surface area contributed by atoms with Gasteiger partial charge in [-0.25, -0.2) is 0 Å². The summed E-state index contributed by atoms with van der Waals surface area (Å²) >= 11 is 0. The van der Waals surface area contributed by atoms with Gasteiger partial charge in [-0.05, 0) is 103 Å². The second-order valence-corrected chi connectivity index (χ2v) is 23.1. The van der Waals surface area contributed by atoms with Crippen LogP contribution in [0.15, 0.2) is 97.2 Å². The fourth-order valence-corrected chi connectivity index (χ4v) is 9.89. The average molecular weight is 1130 g/mol. The van der Waals surface area contributed by atoms with Gasteiger partial charge >= 0.3 is 17.9 Å². The highest BCUT2D eigenvalue weighted by Crippen LogP contribution is 2.17. The molecule has 0 rings (SSSR count). The number of allylic oxidation sites excluding steroid dienone is 16. The zero-order valence-electron chi connectivity index (χ0n) is 53.5. The molecule has 0 spiro atoms. The van der Waals surface area contributed by atoms with Gasteiger partial charge in [-0.15, -0.1) is 0 Å². The third-order valence-electron chi connectivity index (χ3n) is 15.1. The van der Waals surface area contributed by atoms with Gasteiger partial charge in [0.25, 0.3) is 0 Å². The summed E-state index contributed by atoms with van der Waals surface area (Å²) in [5.74, 6) is -0.877. The molecule has 466 valence electrons. The molecular weight excluding hydrogens is 997 g/mol. The first-order chi connectivity index (χ1) is 40.0. The predicted octanol–water partition coefficient (Wildman–Crippen LogP) is 24.0. The lowest BCUT2D eigenvalue weighted by atomic mass is 10.0. The van der Waals surface area contributed by atoms with Gasteiger partial charge in [0.05, 0.1) is 0 Å². The quantitative estimate of drug-likeness (QED) is 0.0261. The maximum Gasteiger partial charge on any atom is 0.306 e. The minimum absolute atomic E-state index is 0.0786. The molecule has 0 aromatic heterocycles. The van der Waals surface area contributed by atoms with E-state index in [1.165, 1.54) is 186 Å². The molecule has 0 radical (unpaired) electrons. The lowest BCUT2D eigenvalue weighted by molar-refractivity contribution is -0.167. The fourth-order valence-electron chi connectivity index (χ4n) is 9.89. The third-order valence-corrected chi connectivity index (χ3v) is 15.1. The van der Waals surface area contributed by atoms with Crippen LogP contribution in [0, 0.1) is 0 Å². The van der Waals surface area contributed by atoms with Crippen LogP contribution in [0.2, 0.25) is 0 Å². The van der Waals surface area contributed by atoms with E-state index in [9.17, 15) is 14.4 Å². The maximum absolute atomic E-state index is 12.9. The van der Waals surface area contributed by atoms with Gasteiger partial charge in [-0.3, -0.25) is 14.4 Å². The maximum atomic E-state index is 12.9. The van der Waals surface area contributed by atoms with Gasteiger partial charge in [0.2, 0.25) is 0 Å². The fraction of sp³-hybridized carbons (Fsp3) is 0.747. The van der Waals surface area contributed by atoms with E-state index in [1.807, 2.05) is 0 Å². The van der Waals surface area contributed by atoms with Crippen molar-refractivity contribution in [3.05, 3.63) is 97.2 Å². The molecule has 0 heterocycles. The summed E-state index contributed by atoms with van der Waals surface area (Å²) < 4.78 is 16.9. The lowest BCUT2D eigenvalue weighted by Gasteiger charge is -2.18. The van der Waals surface area contributed by atoms with Crippen LogP contribution in [0.3, 0.4) is 0 Å². The van der Waals surface area contributed by atoms with E-state index >= 15 is 0 Å². The minimum atomic E-state index is -0.783. The lowest BCUT2D eigenvalue weighted by Crippen LogP contribution is -2.30. The Balaban J connectivity index is 4.21.